The van der Waals surface area contributed by atoms with E-state index in [9.17, 15) is 9.18 Å². The Morgan fingerprint density at radius 1 is 1.63 bits per heavy atom. The normalized spacial score (nSPS) is 11.7. The van der Waals surface area contributed by atoms with Gasteiger partial charge in [-0.15, -0.1) is 0 Å². The maximum atomic E-state index is 13.4. The second-order valence-electron chi connectivity index (χ2n) is 3.71. The number of azide groups is 1. The Bertz CT molecular complexity index is 505. The summed E-state index contributed by atoms with van der Waals surface area (Å²) in [4.78, 5) is 13.7. The first-order chi connectivity index (χ1) is 9.06. The molecule has 1 rings (SSSR count). The molecule has 0 bridgehead atoms. The fourth-order valence-corrected chi connectivity index (χ4v) is 1.73. The van der Waals surface area contributed by atoms with Crippen molar-refractivity contribution in [2.24, 2.45) is 5.11 Å². The van der Waals surface area contributed by atoms with E-state index >= 15 is 0 Å². The molecule has 0 aliphatic heterocycles. The summed E-state index contributed by atoms with van der Waals surface area (Å²) >= 11 is 3.01. The lowest BCUT2D eigenvalue weighted by atomic mass is 10.1. The lowest BCUT2D eigenvalue weighted by Crippen LogP contribution is -2.29. The van der Waals surface area contributed by atoms with Gasteiger partial charge in [-0.25, -0.2) is 4.39 Å². The highest BCUT2D eigenvalue weighted by Gasteiger charge is 2.19. The molecule has 0 amide bonds. The summed E-state index contributed by atoms with van der Waals surface area (Å²) in [5.74, 6) is -1.61. The number of carboxylic acid groups (broad SMARTS) is 1. The van der Waals surface area contributed by atoms with E-state index in [0.29, 0.717) is 18.5 Å². The van der Waals surface area contributed by atoms with Crippen molar-refractivity contribution in [1.82, 2.24) is 5.32 Å². The van der Waals surface area contributed by atoms with Gasteiger partial charge in [0, 0.05) is 11.5 Å². The van der Waals surface area contributed by atoms with Gasteiger partial charge in [0.25, 0.3) is 0 Å². The minimum atomic E-state index is -1.09. The van der Waals surface area contributed by atoms with Gasteiger partial charge in [-0.05, 0) is 52.1 Å². The smallest absolute Gasteiger partial charge is 0.325 e. The Labute approximate surface area is 117 Å². The second kappa shape index (κ2) is 7.73. The van der Waals surface area contributed by atoms with Gasteiger partial charge >= 0.3 is 5.97 Å². The molecule has 8 heteroatoms. The maximum Gasteiger partial charge on any atom is 0.325 e. The summed E-state index contributed by atoms with van der Waals surface area (Å²) in [6.45, 7) is 0.637. The minimum absolute atomic E-state index is 0.281. The molecule has 0 saturated carbocycles. The molecule has 2 N–H and O–H groups in total. The number of hydrogen-bond donors (Lipinski definition) is 2. The van der Waals surface area contributed by atoms with Crippen molar-refractivity contribution in [1.29, 1.82) is 0 Å². The summed E-state index contributed by atoms with van der Waals surface area (Å²) in [6.07, 6.45) is 0.507. The van der Waals surface area contributed by atoms with E-state index in [-0.39, 0.29) is 11.0 Å². The summed E-state index contributed by atoms with van der Waals surface area (Å²) in [7, 11) is 0. The molecule has 102 valence electrons. The highest BCUT2D eigenvalue weighted by molar-refractivity contribution is 9.10. The largest absolute Gasteiger partial charge is 0.480 e. The highest BCUT2D eigenvalue weighted by atomic mass is 79.9. The molecule has 0 aliphatic rings. The van der Waals surface area contributed by atoms with Crippen LogP contribution in [0.2, 0.25) is 0 Å². The summed E-state index contributed by atoms with van der Waals surface area (Å²) in [5.41, 5.74) is 8.43. The number of rotatable bonds is 7. The lowest BCUT2D eigenvalue weighted by Gasteiger charge is -2.14. The van der Waals surface area contributed by atoms with Gasteiger partial charge in [-0.3, -0.25) is 4.79 Å². The van der Waals surface area contributed by atoms with Crippen molar-refractivity contribution in [2.45, 2.75) is 12.5 Å². The zero-order chi connectivity index (χ0) is 14.3. The van der Waals surface area contributed by atoms with Gasteiger partial charge in [0.15, 0.2) is 0 Å². The number of carboxylic acids is 1. The minimum Gasteiger partial charge on any atom is -0.480 e. The highest BCUT2D eigenvalue weighted by Crippen LogP contribution is 2.21. The van der Waals surface area contributed by atoms with Crippen LogP contribution in [0.3, 0.4) is 0 Å². The van der Waals surface area contributed by atoms with E-state index < -0.39 is 17.8 Å². The third-order valence-electron chi connectivity index (χ3n) is 2.37. The topological polar surface area (TPSA) is 98.1 Å². The first-order valence-corrected chi connectivity index (χ1v) is 6.27. The van der Waals surface area contributed by atoms with Crippen molar-refractivity contribution in [3.8, 4) is 0 Å². The summed E-state index contributed by atoms with van der Waals surface area (Å²) < 4.78 is 13.7. The van der Waals surface area contributed by atoms with Crippen molar-refractivity contribution < 1.29 is 14.3 Å². The Morgan fingerprint density at radius 3 is 2.95 bits per heavy atom. The molecular weight excluding hydrogens is 319 g/mol. The molecule has 0 radical (unpaired) electrons. The number of hydrogen-bond acceptors (Lipinski definition) is 3. The predicted octanol–water partition coefficient (Wildman–Crippen LogP) is 3.00. The number of benzene rings is 1. The van der Waals surface area contributed by atoms with E-state index in [4.69, 9.17) is 10.6 Å². The molecule has 0 heterocycles. The molecule has 0 fully saturated rings. The third kappa shape index (κ3) is 4.86. The number of nitrogens with zero attached hydrogens (tertiary/aromatic N) is 3. The molecule has 1 atom stereocenters. The van der Waals surface area contributed by atoms with Gasteiger partial charge in [-0.2, -0.15) is 0 Å². The summed E-state index contributed by atoms with van der Waals surface area (Å²) in [6, 6.07) is 3.17. The van der Waals surface area contributed by atoms with Gasteiger partial charge in [0.1, 0.15) is 11.9 Å². The molecule has 0 saturated heterocycles. The average Bonchev–Trinajstić information content (AvgIpc) is 2.37. The molecule has 1 aromatic rings. The van der Waals surface area contributed by atoms with E-state index in [1.54, 1.807) is 0 Å². The van der Waals surface area contributed by atoms with Crippen LogP contribution in [0.1, 0.15) is 18.0 Å². The standard InChI is InChI=1S/C11H12BrFN4O2/c12-8-3-2-7(6-9(8)13)10(11(18)19)15-4-1-5-16-17-14/h2-3,6,10,15H,1,4-5H2,(H,18,19). The first-order valence-electron chi connectivity index (χ1n) is 5.48. The Hall–Kier alpha value is -1.63. The van der Waals surface area contributed by atoms with Crippen molar-refractivity contribution in [3.05, 3.63) is 44.5 Å². The van der Waals surface area contributed by atoms with Crippen molar-refractivity contribution >= 4 is 21.9 Å². The Morgan fingerprint density at radius 2 is 2.37 bits per heavy atom. The quantitative estimate of drug-likeness (QED) is 0.348. The van der Waals surface area contributed by atoms with E-state index in [0.717, 1.165) is 0 Å². The van der Waals surface area contributed by atoms with E-state index in [1.807, 2.05) is 0 Å². The van der Waals surface area contributed by atoms with Crippen LogP contribution in [0.25, 0.3) is 10.4 Å². The SMILES string of the molecule is [N-]=[N+]=NCCCNC(C(=O)O)c1ccc(Br)c(F)c1. The molecule has 6 nitrogen and oxygen atoms in total. The Kier molecular flexibility index (Phi) is 6.27. The van der Waals surface area contributed by atoms with Crippen LogP contribution in [0.4, 0.5) is 4.39 Å². The van der Waals surface area contributed by atoms with E-state index in [2.05, 4.69) is 31.3 Å². The van der Waals surface area contributed by atoms with E-state index in [1.165, 1.54) is 18.2 Å². The first kappa shape index (κ1) is 15.4. The fourth-order valence-electron chi connectivity index (χ4n) is 1.48. The molecule has 0 aliphatic carbocycles. The van der Waals surface area contributed by atoms with Crippen LogP contribution in [-0.4, -0.2) is 24.2 Å². The third-order valence-corrected chi connectivity index (χ3v) is 3.01. The van der Waals surface area contributed by atoms with Gasteiger partial charge in [-0.1, -0.05) is 11.2 Å². The number of halogens is 2. The van der Waals surface area contributed by atoms with Crippen molar-refractivity contribution in [2.75, 3.05) is 13.1 Å². The monoisotopic (exact) mass is 330 g/mol. The zero-order valence-electron chi connectivity index (χ0n) is 9.88. The van der Waals surface area contributed by atoms with Gasteiger partial charge in [0.2, 0.25) is 0 Å². The zero-order valence-corrected chi connectivity index (χ0v) is 11.5. The molecule has 0 aromatic heterocycles. The number of nitrogens with one attached hydrogen (secondary N) is 1. The van der Waals surface area contributed by atoms with Crippen LogP contribution in [0.15, 0.2) is 27.8 Å². The molecular formula is C11H12BrFN4O2. The number of aliphatic carboxylic acids is 1. The summed E-state index contributed by atoms with van der Waals surface area (Å²) in [5, 5.41) is 15.2. The second-order valence-corrected chi connectivity index (χ2v) is 4.56. The maximum absolute atomic E-state index is 13.4. The predicted molar refractivity (Wildman–Crippen MR) is 71.1 cm³/mol. The van der Waals surface area contributed by atoms with Crippen molar-refractivity contribution in [3.63, 3.8) is 0 Å². The number of carbonyl (C=O) groups is 1. The van der Waals surface area contributed by atoms with Crippen LogP contribution in [-0.2, 0) is 4.79 Å². The van der Waals surface area contributed by atoms with Crippen LogP contribution in [0, 0.1) is 5.82 Å². The molecule has 0 spiro atoms. The Balaban J connectivity index is 2.69. The van der Waals surface area contributed by atoms with Crippen LogP contribution < -0.4 is 5.32 Å². The van der Waals surface area contributed by atoms with Gasteiger partial charge in [0.05, 0.1) is 4.47 Å². The fraction of sp³-hybridized carbons (Fsp3) is 0.364. The molecule has 1 unspecified atom stereocenters. The van der Waals surface area contributed by atoms with Gasteiger partial charge < -0.3 is 10.4 Å². The van der Waals surface area contributed by atoms with Crippen LogP contribution in [0.5, 0.6) is 0 Å². The van der Waals surface area contributed by atoms with Crippen LogP contribution >= 0.6 is 15.9 Å². The lowest BCUT2D eigenvalue weighted by molar-refractivity contribution is -0.139. The molecule has 1 aromatic carbocycles. The average molecular weight is 331 g/mol. The molecule has 19 heavy (non-hydrogen) atoms.